The van der Waals surface area contributed by atoms with Crippen LogP contribution < -0.4 is 10.1 Å². The number of furan rings is 1. The first kappa shape index (κ1) is 21.9. The van der Waals surface area contributed by atoms with E-state index in [1.54, 1.807) is 53.5 Å². The van der Waals surface area contributed by atoms with E-state index in [-0.39, 0.29) is 18.3 Å². The predicted octanol–water partition coefficient (Wildman–Crippen LogP) is 4.45. The molecule has 1 amide bonds. The second kappa shape index (κ2) is 9.86. The van der Waals surface area contributed by atoms with Gasteiger partial charge in [-0.05, 0) is 54.4 Å². The Labute approximate surface area is 190 Å². The summed E-state index contributed by atoms with van der Waals surface area (Å²) in [5.41, 5.74) is 3.36. The van der Waals surface area contributed by atoms with Crippen molar-refractivity contribution in [3.63, 3.8) is 0 Å². The first-order valence-corrected chi connectivity index (χ1v) is 10.3. The van der Waals surface area contributed by atoms with Crippen molar-refractivity contribution < 1.29 is 23.5 Å². The van der Waals surface area contributed by atoms with Crippen molar-refractivity contribution in [1.29, 1.82) is 0 Å². The standard InChI is InChI=1S/C25H23N3O5/c1-17-5-3-4-6-19(17)14-28-15-20(13-26-28)27-24(29)23-12-11-22(33-23)16-32-21-9-7-18(8-10-21)25(30)31-2/h3-13,15H,14,16H2,1-2H3,(H,27,29). The van der Waals surface area contributed by atoms with Crippen molar-refractivity contribution in [3.8, 4) is 5.75 Å². The number of benzene rings is 2. The minimum atomic E-state index is -0.413. The number of ether oxygens (including phenoxy) is 2. The molecule has 0 aliphatic rings. The van der Waals surface area contributed by atoms with Gasteiger partial charge in [-0.2, -0.15) is 5.10 Å². The molecule has 2 heterocycles. The van der Waals surface area contributed by atoms with E-state index in [4.69, 9.17) is 9.15 Å². The summed E-state index contributed by atoms with van der Waals surface area (Å²) in [4.78, 5) is 24.0. The minimum absolute atomic E-state index is 0.138. The fraction of sp³-hybridized carbons (Fsp3) is 0.160. The molecule has 33 heavy (non-hydrogen) atoms. The van der Waals surface area contributed by atoms with Gasteiger partial charge in [0, 0.05) is 6.20 Å². The van der Waals surface area contributed by atoms with Crippen LogP contribution in [0.15, 0.2) is 77.5 Å². The van der Waals surface area contributed by atoms with Crippen molar-refractivity contribution in [1.82, 2.24) is 9.78 Å². The number of nitrogens with zero attached hydrogens (tertiary/aromatic N) is 2. The summed E-state index contributed by atoms with van der Waals surface area (Å²) >= 11 is 0. The van der Waals surface area contributed by atoms with Gasteiger partial charge in [0.1, 0.15) is 18.1 Å². The molecule has 0 radical (unpaired) electrons. The van der Waals surface area contributed by atoms with Crippen LogP contribution in [0.3, 0.4) is 0 Å². The topological polar surface area (TPSA) is 95.6 Å². The van der Waals surface area contributed by atoms with Crippen LogP contribution in [0.1, 0.15) is 37.8 Å². The molecule has 168 valence electrons. The maximum atomic E-state index is 12.5. The van der Waals surface area contributed by atoms with E-state index in [2.05, 4.69) is 34.2 Å². The minimum Gasteiger partial charge on any atom is -0.486 e. The van der Waals surface area contributed by atoms with Crippen LogP contribution in [0.5, 0.6) is 5.75 Å². The number of aryl methyl sites for hydroxylation is 1. The number of amides is 1. The van der Waals surface area contributed by atoms with Crippen LogP contribution in [0.2, 0.25) is 0 Å². The summed E-state index contributed by atoms with van der Waals surface area (Å²) in [5, 5.41) is 7.10. The third kappa shape index (κ3) is 5.48. The largest absolute Gasteiger partial charge is 0.486 e. The van der Waals surface area contributed by atoms with Crippen molar-refractivity contribution in [3.05, 3.63) is 101 Å². The fourth-order valence-electron chi connectivity index (χ4n) is 3.21. The third-order valence-electron chi connectivity index (χ3n) is 5.03. The lowest BCUT2D eigenvalue weighted by atomic mass is 10.1. The molecule has 0 saturated heterocycles. The molecule has 2 aromatic heterocycles. The van der Waals surface area contributed by atoms with E-state index in [1.807, 2.05) is 12.1 Å². The number of rotatable bonds is 8. The Balaban J connectivity index is 1.31. The van der Waals surface area contributed by atoms with Crippen LogP contribution in [-0.4, -0.2) is 28.8 Å². The molecule has 0 fully saturated rings. The number of methoxy groups -OCH3 is 1. The van der Waals surface area contributed by atoms with Crippen LogP contribution >= 0.6 is 0 Å². The summed E-state index contributed by atoms with van der Waals surface area (Å²) in [7, 11) is 1.33. The molecular formula is C25H23N3O5. The summed E-state index contributed by atoms with van der Waals surface area (Å²) < 4.78 is 17.7. The lowest BCUT2D eigenvalue weighted by Gasteiger charge is -2.05. The smallest absolute Gasteiger partial charge is 0.337 e. The zero-order chi connectivity index (χ0) is 23.2. The highest BCUT2D eigenvalue weighted by molar-refractivity contribution is 6.02. The predicted molar refractivity (Wildman–Crippen MR) is 121 cm³/mol. The van der Waals surface area contributed by atoms with Gasteiger partial charge in [-0.1, -0.05) is 24.3 Å². The Kier molecular flexibility index (Phi) is 6.54. The van der Waals surface area contributed by atoms with Crippen LogP contribution in [-0.2, 0) is 17.9 Å². The van der Waals surface area contributed by atoms with Gasteiger partial charge < -0.3 is 19.2 Å². The van der Waals surface area contributed by atoms with Crippen LogP contribution in [0.4, 0.5) is 5.69 Å². The highest BCUT2D eigenvalue weighted by Gasteiger charge is 2.13. The molecule has 0 saturated carbocycles. The monoisotopic (exact) mass is 445 g/mol. The number of carbonyl (C=O) groups excluding carboxylic acids is 2. The maximum absolute atomic E-state index is 12.5. The molecule has 0 bridgehead atoms. The molecular weight excluding hydrogens is 422 g/mol. The molecule has 4 aromatic rings. The Morgan fingerprint density at radius 3 is 2.61 bits per heavy atom. The van der Waals surface area contributed by atoms with Gasteiger partial charge in [-0.3, -0.25) is 9.48 Å². The fourth-order valence-corrected chi connectivity index (χ4v) is 3.21. The van der Waals surface area contributed by atoms with E-state index >= 15 is 0 Å². The molecule has 0 atom stereocenters. The SMILES string of the molecule is COC(=O)c1ccc(OCc2ccc(C(=O)Nc3cnn(Cc4ccccc4C)c3)o2)cc1. The van der Waals surface area contributed by atoms with Crippen molar-refractivity contribution in [2.75, 3.05) is 12.4 Å². The number of anilines is 1. The van der Waals surface area contributed by atoms with Gasteiger partial charge >= 0.3 is 5.97 Å². The first-order chi connectivity index (χ1) is 16.0. The van der Waals surface area contributed by atoms with Crippen molar-refractivity contribution in [2.45, 2.75) is 20.1 Å². The van der Waals surface area contributed by atoms with E-state index in [1.165, 1.54) is 12.7 Å². The molecule has 0 aliphatic carbocycles. The van der Waals surface area contributed by atoms with E-state index < -0.39 is 5.97 Å². The summed E-state index contributed by atoms with van der Waals surface area (Å²) in [6, 6.07) is 17.9. The molecule has 0 spiro atoms. The maximum Gasteiger partial charge on any atom is 0.337 e. The second-order valence-corrected chi connectivity index (χ2v) is 7.38. The molecule has 8 nitrogen and oxygen atoms in total. The molecule has 2 aromatic carbocycles. The number of carbonyl (C=O) groups is 2. The molecule has 4 rings (SSSR count). The zero-order valence-electron chi connectivity index (χ0n) is 18.3. The highest BCUT2D eigenvalue weighted by atomic mass is 16.5. The summed E-state index contributed by atoms with van der Waals surface area (Å²) in [6.07, 6.45) is 3.37. The van der Waals surface area contributed by atoms with Gasteiger partial charge in [-0.15, -0.1) is 0 Å². The Bertz CT molecular complexity index is 1260. The highest BCUT2D eigenvalue weighted by Crippen LogP contribution is 2.17. The lowest BCUT2D eigenvalue weighted by molar-refractivity contribution is 0.0600. The van der Waals surface area contributed by atoms with Crippen molar-refractivity contribution in [2.24, 2.45) is 0 Å². The van der Waals surface area contributed by atoms with E-state index in [0.717, 1.165) is 5.56 Å². The van der Waals surface area contributed by atoms with E-state index in [9.17, 15) is 9.59 Å². The van der Waals surface area contributed by atoms with Crippen LogP contribution in [0, 0.1) is 6.92 Å². The Morgan fingerprint density at radius 2 is 1.85 bits per heavy atom. The van der Waals surface area contributed by atoms with Gasteiger partial charge in [0.05, 0.1) is 31.1 Å². The molecule has 8 heteroatoms. The number of hydrogen-bond donors (Lipinski definition) is 1. The average molecular weight is 445 g/mol. The third-order valence-corrected chi connectivity index (χ3v) is 5.03. The molecule has 0 unspecified atom stereocenters. The molecule has 0 aliphatic heterocycles. The number of hydrogen-bond acceptors (Lipinski definition) is 6. The second-order valence-electron chi connectivity index (χ2n) is 7.38. The zero-order valence-corrected chi connectivity index (χ0v) is 18.3. The molecule has 1 N–H and O–H groups in total. The number of esters is 1. The quantitative estimate of drug-likeness (QED) is 0.403. The van der Waals surface area contributed by atoms with Gasteiger partial charge in [-0.25, -0.2) is 4.79 Å². The van der Waals surface area contributed by atoms with Crippen LogP contribution in [0.25, 0.3) is 0 Å². The summed E-state index contributed by atoms with van der Waals surface area (Å²) in [5.74, 6) is 0.433. The average Bonchev–Trinajstić information content (AvgIpc) is 3.49. The normalized spacial score (nSPS) is 10.6. The number of aromatic nitrogens is 2. The van der Waals surface area contributed by atoms with Crippen molar-refractivity contribution >= 4 is 17.6 Å². The summed E-state index contributed by atoms with van der Waals surface area (Å²) in [6.45, 7) is 2.81. The Hall–Kier alpha value is -4.33. The van der Waals surface area contributed by atoms with Gasteiger partial charge in [0.15, 0.2) is 5.76 Å². The Morgan fingerprint density at radius 1 is 1.06 bits per heavy atom. The first-order valence-electron chi connectivity index (χ1n) is 10.3. The number of nitrogens with one attached hydrogen (secondary N) is 1. The van der Waals surface area contributed by atoms with Gasteiger partial charge in [0.25, 0.3) is 5.91 Å². The van der Waals surface area contributed by atoms with E-state index in [0.29, 0.717) is 29.3 Å². The lowest BCUT2D eigenvalue weighted by Crippen LogP contribution is -2.10. The van der Waals surface area contributed by atoms with Gasteiger partial charge in [0.2, 0.25) is 0 Å².